The van der Waals surface area contributed by atoms with Crippen LogP contribution >= 0.6 is 11.8 Å². The average molecular weight is 291 g/mol. The van der Waals surface area contributed by atoms with E-state index in [9.17, 15) is 0 Å². The Hall–Kier alpha value is -0.930. The van der Waals surface area contributed by atoms with Crippen molar-refractivity contribution < 1.29 is 4.42 Å². The molecule has 2 aromatic rings. The average Bonchev–Trinajstić information content (AvgIpc) is 2.93. The number of hydrogen-bond donors (Lipinski definition) is 1. The molecule has 1 aromatic heterocycles. The van der Waals surface area contributed by atoms with Crippen LogP contribution in [0.4, 0.5) is 0 Å². The molecule has 20 heavy (non-hydrogen) atoms. The molecule has 1 unspecified atom stereocenters. The fraction of sp³-hybridized carbons (Fsp3) is 0.529. The summed E-state index contributed by atoms with van der Waals surface area (Å²) >= 11 is 1.97. The highest BCUT2D eigenvalue weighted by molar-refractivity contribution is 8.00. The number of nitrogens with one attached hydrogen (secondary N) is 1. The third kappa shape index (κ3) is 3.21. The van der Waals surface area contributed by atoms with E-state index in [2.05, 4.69) is 44.5 Å². The number of rotatable bonds is 7. The van der Waals surface area contributed by atoms with Crippen LogP contribution in [-0.2, 0) is 0 Å². The van der Waals surface area contributed by atoms with Crippen molar-refractivity contribution in [3.05, 3.63) is 36.1 Å². The molecule has 0 spiro atoms. The molecule has 1 heterocycles. The zero-order chi connectivity index (χ0) is 14.6. The van der Waals surface area contributed by atoms with Gasteiger partial charge in [-0.15, -0.1) is 0 Å². The normalized spacial score (nSPS) is 13.8. The van der Waals surface area contributed by atoms with Gasteiger partial charge < -0.3 is 9.73 Å². The third-order valence-electron chi connectivity index (χ3n) is 4.32. The van der Waals surface area contributed by atoms with Gasteiger partial charge in [-0.2, -0.15) is 11.8 Å². The fourth-order valence-electron chi connectivity index (χ4n) is 2.52. The smallest absolute Gasteiger partial charge is 0.134 e. The molecule has 1 atom stereocenters. The van der Waals surface area contributed by atoms with Crippen molar-refractivity contribution in [2.24, 2.45) is 0 Å². The van der Waals surface area contributed by atoms with Gasteiger partial charge in [0.2, 0.25) is 0 Å². The molecular formula is C17H25NOS. The first-order chi connectivity index (χ1) is 9.64. The molecule has 0 saturated heterocycles. The molecule has 2 nitrogen and oxygen atoms in total. The number of hydrogen-bond acceptors (Lipinski definition) is 3. The highest BCUT2D eigenvalue weighted by Gasteiger charge is 2.25. The molecule has 0 fully saturated rings. The van der Waals surface area contributed by atoms with Crippen molar-refractivity contribution in [3.63, 3.8) is 0 Å². The van der Waals surface area contributed by atoms with Gasteiger partial charge in [0.15, 0.2) is 0 Å². The van der Waals surface area contributed by atoms with E-state index in [1.807, 2.05) is 30.0 Å². The molecule has 0 aliphatic rings. The summed E-state index contributed by atoms with van der Waals surface area (Å²) in [5.74, 6) is 1.02. The van der Waals surface area contributed by atoms with Crippen molar-refractivity contribution in [1.29, 1.82) is 0 Å². The minimum absolute atomic E-state index is 0.243. The Morgan fingerprint density at radius 2 is 1.95 bits per heavy atom. The van der Waals surface area contributed by atoms with E-state index in [-0.39, 0.29) is 6.04 Å². The molecule has 3 heteroatoms. The number of furan rings is 1. The first-order valence-corrected chi connectivity index (χ1v) is 8.63. The zero-order valence-corrected chi connectivity index (χ0v) is 13.7. The van der Waals surface area contributed by atoms with Crippen LogP contribution in [0.5, 0.6) is 0 Å². The number of fused-ring (bicyclic) bond motifs is 1. The van der Waals surface area contributed by atoms with Gasteiger partial charge >= 0.3 is 0 Å². The van der Waals surface area contributed by atoms with E-state index in [1.165, 1.54) is 18.2 Å². The molecule has 0 radical (unpaired) electrons. The van der Waals surface area contributed by atoms with Gasteiger partial charge in [-0.25, -0.2) is 0 Å². The van der Waals surface area contributed by atoms with Crippen LogP contribution in [0.1, 0.15) is 45.4 Å². The summed E-state index contributed by atoms with van der Waals surface area (Å²) in [5, 5.41) is 4.82. The van der Waals surface area contributed by atoms with Gasteiger partial charge in [-0.3, -0.25) is 0 Å². The van der Waals surface area contributed by atoms with Gasteiger partial charge in [0.25, 0.3) is 0 Å². The molecule has 110 valence electrons. The van der Waals surface area contributed by atoms with Crippen molar-refractivity contribution >= 4 is 22.7 Å². The Labute approximate surface area is 126 Å². The van der Waals surface area contributed by atoms with E-state index < -0.39 is 0 Å². The van der Waals surface area contributed by atoms with E-state index in [0.29, 0.717) is 4.75 Å². The molecule has 0 aliphatic carbocycles. The maximum atomic E-state index is 5.93. The second-order valence-electron chi connectivity index (χ2n) is 5.38. The minimum atomic E-state index is 0.243. The Kier molecular flexibility index (Phi) is 5.17. The molecule has 0 saturated carbocycles. The van der Waals surface area contributed by atoms with Crippen LogP contribution in [0.2, 0.25) is 0 Å². The monoisotopic (exact) mass is 291 g/mol. The second-order valence-corrected chi connectivity index (χ2v) is 6.66. The first-order valence-electron chi connectivity index (χ1n) is 7.41. The summed E-state index contributed by atoms with van der Waals surface area (Å²) in [7, 11) is 0. The molecule has 0 amide bonds. The zero-order valence-electron chi connectivity index (χ0n) is 12.9. The number of thioether (sulfide) groups is 1. The highest BCUT2D eigenvalue weighted by atomic mass is 32.2. The lowest BCUT2D eigenvalue weighted by molar-refractivity contribution is 0.412. The Balaban J connectivity index is 2.06. The Morgan fingerprint density at radius 1 is 1.25 bits per heavy atom. The van der Waals surface area contributed by atoms with Gasteiger partial charge in [0.05, 0.1) is 6.04 Å². The van der Waals surface area contributed by atoms with Crippen LogP contribution in [0.15, 0.2) is 34.7 Å². The van der Waals surface area contributed by atoms with Crippen molar-refractivity contribution in [2.45, 2.75) is 44.4 Å². The molecule has 0 bridgehead atoms. The predicted molar refractivity (Wildman–Crippen MR) is 89.5 cm³/mol. The summed E-state index contributed by atoms with van der Waals surface area (Å²) in [6.07, 6.45) is 4.58. The molecule has 0 aliphatic heterocycles. The van der Waals surface area contributed by atoms with Gasteiger partial charge in [0.1, 0.15) is 11.3 Å². The Bertz CT molecular complexity index is 503. The van der Waals surface area contributed by atoms with Gasteiger partial charge in [-0.1, -0.05) is 32.0 Å². The summed E-state index contributed by atoms with van der Waals surface area (Å²) < 4.78 is 6.26. The largest absolute Gasteiger partial charge is 0.459 e. The van der Waals surface area contributed by atoms with Crippen LogP contribution in [0, 0.1) is 0 Å². The highest BCUT2D eigenvalue weighted by Crippen LogP contribution is 2.31. The van der Waals surface area contributed by atoms with Crippen molar-refractivity contribution in [2.75, 3.05) is 12.8 Å². The van der Waals surface area contributed by atoms with Gasteiger partial charge in [-0.05, 0) is 38.2 Å². The van der Waals surface area contributed by atoms with Crippen LogP contribution in [-0.4, -0.2) is 17.5 Å². The predicted octanol–water partition coefficient (Wildman–Crippen LogP) is 5.01. The lowest BCUT2D eigenvalue weighted by atomic mass is 10.0. The summed E-state index contributed by atoms with van der Waals surface area (Å²) in [4.78, 5) is 0. The van der Waals surface area contributed by atoms with Crippen molar-refractivity contribution in [1.82, 2.24) is 5.32 Å². The first kappa shape index (κ1) is 15.5. The van der Waals surface area contributed by atoms with E-state index >= 15 is 0 Å². The molecule has 1 aromatic carbocycles. The van der Waals surface area contributed by atoms with E-state index in [1.54, 1.807) is 0 Å². The number of para-hydroxylation sites is 1. The third-order valence-corrected chi connectivity index (χ3v) is 5.91. The topological polar surface area (TPSA) is 25.2 Å². The maximum Gasteiger partial charge on any atom is 0.134 e. The lowest BCUT2D eigenvalue weighted by Crippen LogP contribution is -2.37. The van der Waals surface area contributed by atoms with E-state index in [0.717, 1.165) is 17.9 Å². The molecular weight excluding hydrogens is 266 g/mol. The van der Waals surface area contributed by atoms with Crippen LogP contribution in [0.25, 0.3) is 11.0 Å². The fourth-order valence-corrected chi connectivity index (χ4v) is 3.32. The summed E-state index contributed by atoms with van der Waals surface area (Å²) in [6.45, 7) is 7.73. The number of benzene rings is 1. The standard InChI is InChI=1S/C17H25NOS/c1-5-17(6-2,20-4)12-18-13(3)16-11-14-9-7-8-10-15(14)19-16/h7-11,13,18H,5-6,12H2,1-4H3. The quantitative estimate of drug-likeness (QED) is 0.776. The molecule has 1 N–H and O–H groups in total. The molecule has 2 rings (SSSR count). The SMILES string of the molecule is CCC(CC)(CNC(C)c1cc2ccccc2o1)SC. The van der Waals surface area contributed by atoms with Crippen LogP contribution in [0.3, 0.4) is 0 Å². The van der Waals surface area contributed by atoms with Gasteiger partial charge in [0, 0.05) is 16.7 Å². The second kappa shape index (κ2) is 6.68. The van der Waals surface area contributed by atoms with Crippen LogP contribution < -0.4 is 5.32 Å². The maximum absolute atomic E-state index is 5.93. The van der Waals surface area contributed by atoms with Crippen molar-refractivity contribution in [3.8, 4) is 0 Å². The Morgan fingerprint density at radius 3 is 2.55 bits per heavy atom. The van der Waals surface area contributed by atoms with E-state index in [4.69, 9.17) is 4.42 Å². The minimum Gasteiger partial charge on any atom is -0.459 e. The lowest BCUT2D eigenvalue weighted by Gasteiger charge is -2.31. The summed E-state index contributed by atoms with van der Waals surface area (Å²) in [5.41, 5.74) is 0.971. The summed E-state index contributed by atoms with van der Waals surface area (Å²) in [6, 6.07) is 10.6.